The Morgan fingerprint density at radius 3 is 3.05 bits per heavy atom. The van der Waals surface area contributed by atoms with Crippen LogP contribution in [0.1, 0.15) is 24.6 Å². The number of non-ortho nitro benzene ring substituents is 1. The van der Waals surface area contributed by atoms with Crippen molar-refractivity contribution in [2.24, 2.45) is 0 Å². The fourth-order valence-corrected chi connectivity index (χ4v) is 2.86. The summed E-state index contributed by atoms with van der Waals surface area (Å²) in [7, 11) is 0. The van der Waals surface area contributed by atoms with Gasteiger partial charge in [-0.3, -0.25) is 20.2 Å². The molecule has 1 amide bonds. The van der Waals surface area contributed by atoms with Gasteiger partial charge < -0.3 is 9.64 Å². The number of ether oxygens (including phenoxy) is 1. The number of rotatable bonds is 4. The summed E-state index contributed by atoms with van der Waals surface area (Å²) in [6.07, 6.45) is 1.71. The molecule has 0 aromatic heterocycles. The van der Waals surface area contributed by atoms with Crippen LogP contribution in [0.5, 0.6) is 0 Å². The molecule has 21 heavy (non-hydrogen) atoms. The maximum atomic E-state index is 12.0. The largest absolute Gasteiger partial charge is 0.376 e. The van der Waals surface area contributed by atoms with Gasteiger partial charge in [0, 0.05) is 25.3 Å². The minimum atomic E-state index is -0.426. The minimum Gasteiger partial charge on any atom is -0.376 e. The van der Waals surface area contributed by atoms with Gasteiger partial charge in [0.1, 0.15) is 6.17 Å². The average Bonchev–Trinajstić information content (AvgIpc) is 3.11. The van der Waals surface area contributed by atoms with Crippen LogP contribution in [0.25, 0.3) is 0 Å². The molecule has 112 valence electrons. The van der Waals surface area contributed by atoms with E-state index < -0.39 is 4.92 Å². The first-order valence-corrected chi connectivity index (χ1v) is 7.04. The van der Waals surface area contributed by atoms with Crippen molar-refractivity contribution in [1.29, 1.82) is 0 Å². The molecule has 0 spiro atoms. The van der Waals surface area contributed by atoms with Crippen LogP contribution in [-0.2, 0) is 9.53 Å². The quantitative estimate of drug-likeness (QED) is 0.665. The first kappa shape index (κ1) is 14.0. The molecule has 0 radical (unpaired) electrons. The van der Waals surface area contributed by atoms with Crippen molar-refractivity contribution in [2.75, 3.05) is 19.7 Å². The molecule has 1 aromatic rings. The van der Waals surface area contributed by atoms with Crippen LogP contribution in [0.4, 0.5) is 5.69 Å². The first-order valence-electron chi connectivity index (χ1n) is 7.04. The molecule has 1 aromatic carbocycles. The predicted octanol–water partition coefficient (Wildman–Crippen LogP) is 1.20. The number of amides is 1. The van der Waals surface area contributed by atoms with Gasteiger partial charge in [0.05, 0.1) is 17.6 Å². The standard InChI is InChI=1S/C14H17N3O4/c18-13-8-15-14(16(13)9-12-5-2-6-21-12)10-3-1-4-11(7-10)17(19)20/h1,3-4,7,12,14-15H,2,5-6,8-9H2. The average molecular weight is 291 g/mol. The zero-order valence-electron chi connectivity index (χ0n) is 11.5. The van der Waals surface area contributed by atoms with E-state index >= 15 is 0 Å². The molecule has 0 saturated carbocycles. The van der Waals surface area contributed by atoms with Gasteiger partial charge in [-0.05, 0) is 18.4 Å². The van der Waals surface area contributed by atoms with E-state index in [4.69, 9.17) is 4.74 Å². The number of hydrogen-bond donors (Lipinski definition) is 1. The van der Waals surface area contributed by atoms with Crippen LogP contribution in [0.2, 0.25) is 0 Å². The van der Waals surface area contributed by atoms with E-state index in [0.29, 0.717) is 6.54 Å². The van der Waals surface area contributed by atoms with E-state index in [0.717, 1.165) is 25.0 Å². The molecule has 7 heteroatoms. The third kappa shape index (κ3) is 2.88. The summed E-state index contributed by atoms with van der Waals surface area (Å²) in [6.45, 7) is 1.51. The summed E-state index contributed by atoms with van der Waals surface area (Å²) in [5, 5.41) is 14.0. The van der Waals surface area contributed by atoms with Crippen molar-refractivity contribution < 1.29 is 14.5 Å². The molecule has 3 rings (SSSR count). The van der Waals surface area contributed by atoms with Gasteiger partial charge in [-0.25, -0.2) is 0 Å². The molecule has 2 fully saturated rings. The smallest absolute Gasteiger partial charge is 0.269 e. The van der Waals surface area contributed by atoms with Gasteiger partial charge in [0.25, 0.3) is 5.69 Å². The van der Waals surface area contributed by atoms with Gasteiger partial charge in [0.2, 0.25) is 5.91 Å². The Kier molecular flexibility index (Phi) is 3.85. The van der Waals surface area contributed by atoms with Crippen LogP contribution < -0.4 is 5.32 Å². The molecule has 1 N–H and O–H groups in total. The lowest BCUT2D eigenvalue weighted by Gasteiger charge is -2.26. The van der Waals surface area contributed by atoms with Crippen LogP contribution >= 0.6 is 0 Å². The molecular formula is C14H17N3O4. The van der Waals surface area contributed by atoms with E-state index in [1.54, 1.807) is 17.0 Å². The number of carbonyl (C=O) groups excluding carboxylic acids is 1. The summed E-state index contributed by atoms with van der Waals surface area (Å²) in [5.74, 6) is 0.00186. The lowest BCUT2D eigenvalue weighted by atomic mass is 10.1. The summed E-state index contributed by atoms with van der Waals surface area (Å²) in [5.41, 5.74) is 0.763. The van der Waals surface area contributed by atoms with Crippen LogP contribution in [0.15, 0.2) is 24.3 Å². The van der Waals surface area contributed by atoms with Crippen molar-refractivity contribution >= 4 is 11.6 Å². The molecule has 0 aliphatic carbocycles. The monoisotopic (exact) mass is 291 g/mol. The Morgan fingerprint density at radius 2 is 2.33 bits per heavy atom. The second-order valence-electron chi connectivity index (χ2n) is 5.32. The van der Waals surface area contributed by atoms with Crippen molar-refractivity contribution in [3.8, 4) is 0 Å². The molecule has 0 bridgehead atoms. The zero-order valence-corrected chi connectivity index (χ0v) is 11.5. The van der Waals surface area contributed by atoms with E-state index in [1.165, 1.54) is 12.1 Å². The van der Waals surface area contributed by atoms with E-state index in [1.807, 2.05) is 0 Å². The SMILES string of the molecule is O=C1CNC(c2cccc([N+](=O)[O-])c2)N1CC1CCCO1. The number of nitro groups is 1. The van der Waals surface area contributed by atoms with Crippen LogP contribution in [0, 0.1) is 10.1 Å². The molecule has 7 nitrogen and oxygen atoms in total. The van der Waals surface area contributed by atoms with E-state index in [-0.39, 0.29) is 30.4 Å². The summed E-state index contributed by atoms with van der Waals surface area (Å²) < 4.78 is 5.58. The fourth-order valence-electron chi connectivity index (χ4n) is 2.86. The highest BCUT2D eigenvalue weighted by molar-refractivity contribution is 5.81. The number of nitrogens with zero attached hydrogens (tertiary/aromatic N) is 2. The second kappa shape index (κ2) is 5.79. The predicted molar refractivity (Wildman–Crippen MR) is 74.5 cm³/mol. The van der Waals surface area contributed by atoms with E-state index in [2.05, 4.69) is 5.32 Å². The summed E-state index contributed by atoms with van der Waals surface area (Å²) in [4.78, 5) is 24.2. The Morgan fingerprint density at radius 1 is 1.48 bits per heavy atom. The fraction of sp³-hybridized carbons (Fsp3) is 0.500. The number of carbonyl (C=O) groups is 1. The normalized spacial score (nSPS) is 25.5. The highest BCUT2D eigenvalue weighted by atomic mass is 16.6. The van der Waals surface area contributed by atoms with Crippen molar-refractivity contribution in [2.45, 2.75) is 25.1 Å². The molecule has 2 aliphatic heterocycles. The Labute approximate surface area is 122 Å². The number of benzene rings is 1. The number of nitrogens with one attached hydrogen (secondary N) is 1. The highest BCUT2D eigenvalue weighted by Gasteiger charge is 2.34. The summed E-state index contributed by atoms with van der Waals surface area (Å²) >= 11 is 0. The van der Waals surface area contributed by atoms with Crippen LogP contribution in [0.3, 0.4) is 0 Å². The first-order chi connectivity index (χ1) is 10.1. The third-order valence-electron chi connectivity index (χ3n) is 3.90. The molecule has 2 saturated heterocycles. The molecular weight excluding hydrogens is 274 g/mol. The topological polar surface area (TPSA) is 84.7 Å². The van der Waals surface area contributed by atoms with E-state index in [9.17, 15) is 14.9 Å². The highest BCUT2D eigenvalue weighted by Crippen LogP contribution is 2.27. The van der Waals surface area contributed by atoms with Gasteiger partial charge in [-0.15, -0.1) is 0 Å². The minimum absolute atomic E-state index is 0.00186. The van der Waals surface area contributed by atoms with Crippen molar-refractivity contribution in [1.82, 2.24) is 10.2 Å². The number of nitro benzene ring substituents is 1. The molecule has 2 atom stereocenters. The van der Waals surface area contributed by atoms with Gasteiger partial charge in [-0.1, -0.05) is 12.1 Å². The van der Waals surface area contributed by atoms with Gasteiger partial charge in [0.15, 0.2) is 0 Å². The van der Waals surface area contributed by atoms with Crippen LogP contribution in [-0.4, -0.2) is 41.5 Å². The van der Waals surface area contributed by atoms with Crippen molar-refractivity contribution in [3.63, 3.8) is 0 Å². The number of hydrogen-bond acceptors (Lipinski definition) is 5. The van der Waals surface area contributed by atoms with Gasteiger partial charge in [-0.2, -0.15) is 0 Å². The van der Waals surface area contributed by atoms with Crippen molar-refractivity contribution in [3.05, 3.63) is 39.9 Å². The molecule has 2 heterocycles. The lowest BCUT2D eigenvalue weighted by Crippen LogP contribution is -2.36. The Balaban J connectivity index is 1.80. The maximum absolute atomic E-state index is 12.0. The lowest BCUT2D eigenvalue weighted by molar-refractivity contribution is -0.385. The van der Waals surface area contributed by atoms with Gasteiger partial charge >= 0.3 is 0 Å². The zero-order chi connectivity index (χ0) is 14.8. The Hall–Kier alpha value is -1.99. The molecule has 2 unspecified atom stereocenters. The summed E-state index contributed by atoms with van der Waals surface area (Å²) in [6, 6.07) is 6.40. The maximum Gasteiger partial charge on any atom is 0.269 e. The second-order valence-corrected chi connectivity index (χ2v) is 5.32. The third-order valence-corrected chi connectivity index (χ3v) is 3.90. The Bertz CT molecular complexity index is 557. The molecule has 2 aliphatic rings.